The maximum Gasteiger partial charge on any atom is 0.434 e. The van der Waals surface area contributed by atoms with E-state index in [1.807, 2.05) is 11.6 Å². The van der Waals surface area contributed by atoms with Crippen LogP contribution in [0.2, 0.25) is 0 Å². The summed E-state index contributed by atoms with van der Waals surface area (Å²) in [6, 6.07) is 6.21. The summed E-state index contributed by atoms with van der Waals surface area (Å²) in [4.78, 5) is 51.7. The number of anilines is 1. The molecule has 15 heteroatoms. The van der Waals surface area contributed by atoms with Crippen molar-refractivity contribution in [2.24, 2.45) is 0 Å². The third-order valence-corrected chi connectivity index (χ3v) is 8.80. The van der Waals surface area contributed by atoms with Crippen LogP contribution in [0.3, 0.4) is 0 Å². The number of likely N-dealkylation sites (tertiary alicyclic amines) is 1. The van der Waals surface area contributed by atoms with Gasteiger partial charge in [-0.2, -0.15) is 13.2 Å². The second kappa shape index (κ2) is 12.2. The van der Waals surface area contributed by atoms with Gasteiger partial charge in [0.05, 0.1) is 11.6 Å². The second-order valence-electron chi connectivity index (χ2n) is 11.1. The Morgan fingerprint density at radius 1 is 1.13 bits per heavy atom. The molecule has 45 heavy (non-hydrogen) atoms. The first-order valence-electron chi connectivity index (χ1n) is 14.5. The molecule has 236 valence electrons. The third kappa shape index (κ3) is 6.15. The highest BCUT2D eigenvalue weighted by atomic mass is 32.1. The summed E-state index contributed by atoms with van der Waals surface area (Å²) in [5.41, 5.74) is 0.477. The average Bonchev–Trinajstić information content (AvgIpc) is 3.52. The molecule has 1 aromatic carbocycles. The first-order chi connectivity index (χ1) is 21.5. The summed E-state index contributed by atoms with van der Waals surface area (Å²) in [6.45, 7) is 5.86. The van der Waals surface area contributed by atoms with E-state index in [2.05, 4.69) is 30.8 Å². The van der Waals surface area contributed by atoms with Crippen LogP contribution in [0.25, 0.3) is 32.6 Å². The number of benzene rings is 1. The molecule has 6 rings (SSSR count). The standard InChI is InChI=1S/C30H31F3N8O3S/c1-3-35-29(44)38-25-11-19(27-37-24(16-45-27)30(31,32)33)21(12-36-25)17-4-5-23-20(10-17)26(42)22(15-41(23)18-13-39(2)14-18)28(43)40-8-6-34-7-9-40/h4-5,10-12,15-16,18,34H,3,6-9,13-14H2,1-2H3,(H2,35,36,38,44). The Morgan fingerprint density at radius 3 is 2.56 bits per heavy atom. The largest absolute Gasteiger partial charge is 0.434 e. The Bertz CT molecular complexity index is 1830. The lowest BCUT2D eigenvalue weighted by atomic mass is 9.98. The van der Waals surface area contributed by atoms with Crippen molar-refractivity contribution in [1.82, 2.24) is 35.0 Å². The smallest absolute Gasteiger partial charge is 0.341 e. The minimum atomic E-state index is -4.64. The van der Waals surface area contributed by atoms with Gasteiger partial charge < -0.3 is 25.0 Å². The van der Waals surface area contributed by atoms with E-state index < -0.39 is 23.3 Å². The van der Waals surface area contributed by atoms with E-state index >= 15 is 0 Å². The van der Waals surface area contributed by atoms with Crippen molar-refractivity contribution in [3.63, 3.8) is 0 Å². The minimum absolute atomic E-state index is 0.0616. The number of fused-ring (bicyclic) bond motifs is 1. The number of carbonyl (C=O) groups excluding carboxylic acids is 2. The zero-order valence-electron chi connectivity index (χ0n) is 24.6. The van der Waals surface area contributed by atoms with Gasteiger partial charge in [-0.05, 0) is 37.7 Å². The van der Waals surface area contributed by atoms with Crippen LogP contribution in [0, 0.1) is 0 Å². The normalized spacial score (nSPS) is 16.1. The first kappa shape index (κ1) is 30.7. The lowest BCUT2D eigenvalue weighted by Crippen LogP contribution is -2.48. The van der Waals surface area contributed by atoms with Gasteiger partial charge in [0.25, 0.3) is 5.91 Å². The molecule has 2 fully saturated rings. The number of amides is 3. The Hall–Kier alpha value is -4.34. The number of urea groups is 1. The number of nitrogens with zero attached hydrogens (tertiary/aromatic N) is 5. The summed E-state index contributed by atoms with van der Waals surface area (Å²) in [6.07, 6.45) is -1.54. The lowest BCUT2D eigenvalue weighted by Gasteiger charge is -2.39. The van der Waals surface area contributed by atoms with Crippen molar-refractivity contribution in [3.8, 4) is 21.7 Å². The topological polar surface area (TPSA) is 124 Å². The lowest BCUT2D eigenvalue weighted by molar-refractivity contribution is -0.140. The average molecular weight is 641 g/mol. The summed E-state index contributed by atoms with van der Waals surface area (Å²) in [5, 5.41) is 9.69. The highest BCUT2D eigenvalue weighted by Gasteiger charge is 2.34. The molecule has 0 aliphatic carbocycles. The minimum Gasteiger partial charge on any atom is -0.341 e. The highest BCUT2D eigenvalue weighted by molar-refractivity contribution is 7.13. The van der Waals surface area contributed by atoms with E-state index in [-0.39, 0.29) is 28.3 Å². The van der Waals surface area contributed by atoms with Crippen LogP contribution >= 0.6 is 11.3 Å². The Kier molecular flexibility index (Phi) is 8.33. The molecular weight excluding hydrogens is 609 g/mol. The number of nitrogens with one attached hydrogen (secondary N) is 3. The second-order valence-corrected chi connectivity index (χ2v) is 11.9. The van der Waals surface area contributed by atoms with Crippen LogP contribution in [-0.2, 0) is 6.18 Å². The number of piperazine rings is 1. The molecular formula is C30H31F3N8O3S. The fourth-order valence-corrected chi connectivity index (χ4v) is 6.49. The van der Waals surface area contributed by atoms with E-state index in [0.29, 0.717) is 60.3 Å². The van der Waals surface area contributed by atoms with E-state index in [0.717, 1.165) is 29.8 Å². The number of hydrogen-bond donors (Lipinski definition) is 3. The predicted octanol–water partition coefficient (Wildman–Crippen LogP) is 3.88. The summed E-state index contributed by atoms with van der Waals surface area (Å²) >= 11 is 0.809. The fraction of sp³-hybridized carbons (Fsp3) is 0.367. The summed E-state index contributed by atoms with van der Waals surface area (Å²) < 4.78 is 42.4. The maximum absolute atomic E-state index is 14.0. The monoisotopic (exact) mass is 640 g/mol. The van der Waals surface area contributed by atoms with E-state index in [4.69, 9.17) is 0 Å². The number of aromatic nitrogens is 3. The molecule has 0 bridgehead atoms. The number of hydrogen-bond acceptors (Lipinski definition) is 8. The van der Waals surface area contributed by atoms with Crippen molar-refractivity contribution >= 4 is 40.0 Å². The van der Waals surface area contributed by atoms with Gasteiger partial charge in [-0.1, -0.05) is 6.07 Å². The molecule has 0 saturated carbocycles. The number of alkyl halides is 3. The molecule has 5 heterocycles. The molecule has 4 aromatic rings. The maximum atomic E-state index is 14.0. The van der Waals surface area contributed by atoms with Crippen LogP contribution in [-0.4, -0.2) is 89.1 Å². The van der Waals surface area contributed by atoms with Gasteiger partial charge in [0.15, 0.2) is 5.69 Å². The SMILES string of the molecule is CCNC(=O)Nc1cc(-c2nc(C(F)(F)F)cs2)c(-c2ccc3c(c2)c(=O)c(C(=O)N2CCNCC2)cn3C2CN(C)C2)cn1. The van der Waals surface area contributed by atoms with Gasteiger partial charge in [0, 0.05) is 80.1 Å². The van der Waals surface area contributed by atoms with Crippen molar-refractivity contribution in [2.45, 2.75) is 19.1 Å². The predicted molar refractivity (Wildman–Crippen MR) is 166 cm³/mol. The molecule has 0 atom stereocenters. The number of likely N-dealkylation sites (N-methyl/N-ethyl adjacent to an activating group) is 1. The zero-order valence-corrected chi connectivity index (χ0v) is 25.4. The van der Waals surface area contributed by atoms with Crippen LogP contribution in [0.4, 0.5) is 23.8 Å². The molecule has 2 saturated heterocycles. The van der Waals surface area contributed by atoms with Crippen molar-refractivity contribution < 1.29 is 22.8 Å². The summed E-state index contributed by atoms with van der Waals surface area (Å²) in [5.74, 6) is -0.217. The van der Waals surface area contributed by atoms with E-state index in [9.17, 15) is 27.6 Å². The molecule has 0 spiro atoms. The van der Waals surface area contributed by atoms with Crippen molar-refractivity contribution in [1.29, 1.82) is 0 Å². The third-order valence-electron chi connectivity index (χ3n) is 7.92. The molecule has 0 unspecified atom stereocenters. The van der Waals surface area contributed by atoms with Gasteiger partial charge >= 0.3 is 12.2 Å². The van der Waals surface area contributed by atoms with Crippen molar-refractivity contribution in [2.75, 3.05) is 58.2 Å². The number of thiazole rings is 1. The molecule has 2 aliphatic heterocycles. The van der Waals surface area contributed by atoms with Gasteiger partial charge in [0.1, 0.15) is 16.4 Å². The molecule has 11 nitrogen and oxygen atoms in total. The number of carbonyl (C=O) groups is 2. The Labute approximate surface area is 260 Å². The van der Waals surface area contributed by atoms with Crippen LogP contribution in [0.5, 0.6) is 0 Å². The highest BCUT2D eigenvalue weighted by Crippen LogP contribution is 2.39. The Balaban J connectivity index is 1.50. The molecule has 0 radical (unpaired) electrons. The van der Waals surface area contributed by atoms with Gasteiger partial charge in [-0.3, -0.25) is 14.9 Å². The fourth-order valence-electron chi connectivity index (χ4n) is 5.64. The van der Waals surface area contributed by atoms with Crippen LogP contribution < -0.4 is 21.4 Å². The van der Waals surface area contributed by atoms with Gasteiger partial charge in [0.2, 0.25) is 5.43 Å². The van der Waals surface area contributed by atoms with Crippen LogP contribution in [0.1, 0.15) is 29.0 Å². The van der Waals surface area contributed by atoms with Gasteiger partial charge in [-0.15, -0.1) is 11.3 Å². The quantitative estimate of drug-likeness (QED) is 0.292. The number of pyridine rings is 2. The number of halogens is 3. The molecule has 3 amide bonds. The Morgan fingerprint density at radius 2 is 1.89 bits per heavy atom. The first-order valence-corrected chi connectivity index (χ1v) is 15.4. The summed E-state index contributed by atoms with van der Waals surface area (Å²) in [7, 11) is 1.99. The van der Waals surface area contributed by atoms with Crippen molar-refractivity contribution in [3.05, 3.63) is 63.5 Å². The molecule has 3 N–H and O–H groups in total. The zero-order chi connectivity index (χ0) is 31.9. The molecule has 3 aromatic heterocycles. The van der Waals surface area contributed by atoms with Crippen LogP contribution in [0.15, 0.2) is 46.8 Å². The number of rotatable bonds is 6. The van der Waals surface area contributed by atoms with E-state index in [1.165, 1.54) is 12.3 Å². The molecule has 2 aliphatic rings. The van der Waals surface area contributed by atoms with Gasteiger partial charge in [-0.25, -0.2) is 14.8 Å². The van der Waals surface area contributed by atoms with E-state index in [1.54, 1.807) is 36.2 Å².